The SMILES string of the molecule is Cn1c([C@@H](C#N)C(=O)C[C@H](NC(=O)c2ccccc2)c2ccccc2)nc2ccccc21. The Labute approximate surface area is 186 Å². The van der Waals surface area contributed by atoms with E-state index in [1.807, 2.05) is 60.7 Å². The lowest BCUT2D eigenvalue weighted by Crippen LogP contribution is -2.31. The van der Waals surface area contributed by atoms with Crippen molar-refractivity contribution in [2.24, 2.45) is 7.05 Å². The molecule has 0 unspecified atom stereocenters. The average Bonchev–Trinajstić information content (AvgIpc) is 3.16. The highest BCUT2D eigenvalue weighted by molar-refractivity contribution is 5.95. The Bertz CT molecular complexity index is 1290. The van der Waals surface area contributed by atoms with Gasteiger partial charge in [0.05, 0.1) is 23.1 Å². The molecule has 6 heteroatoms. The van der Waals surface area contributed by atoms with Gasteiger partial charge in [0.1, 0.15) is 5.82 Å². The van der Waals surface area contributed by atoms with E-state index in [0.717, 1.165) is 16.6 Å². The summed E-state index contributed by atoms with van der Waals surface area (Å²) in [6.45, 7) is 0. The van der Waals surface area contributed by atoms with Crippen LogP contribution in [0.3, 0.4) is 0 Å². The Morgan fingerprint density at radius 1 is 0.969 bits per heavy atom. The van der Waals surface area contributed by atoms with Crippen LogP contribution in [0.2, 0.25) is 0 Å². The smallest absolute Gasteiger partial charge is 0.251 e. The van der Waals surface area contributed by atoms with Crippen molar-refractivity contribution in [2.75, 3.05) is 0 Å². The highest BCUT2D eigenvalue weighted by Gasteiger charge is 2.29. The van der Waals surface area contributed by atoms with Gasteiger partial charge in [-0.25, -0.2) is 4.98 Å². The summed E-state index contributed by atoms with van der Waals surface area (Å²) in [4.78, 5) is 30.6. The molecule has 1 heterocycles. The van der Waals surface area contributed by atoms with Crippen molar-refractivity contribution in [3.05, 3.63) is 102 Å². The fraction of sp³-hybridized carbons (Fsp3) is 0.154. The molecule has 3 aromatic carbocycles. The molecule has 4 rings (SSSR count). The number of benzene rings is 3. The van der Waals surface area contributed by atoms with Crippen molar-refractivity contribution < 1.29 is 9.59 Å². The molecule has 0 aliphatic heterocycles. The molecule has 158 valence electrons. The summed E-state index contributed by atoms with van der Waals surface area (Å²) in [7, 11) is 1.80. The maximum atomic E-state index is 13.3. The summed E-state index contributed by atoms with van der Waals surface area (Å²) < 4.78 is 1.78. The minimum Gasteiger partial charge on any atom is -0.345 e. The first-order chi connectivity index (χ1) is 15.6. The highest BCUT2D eigenvalue weighted by atomic mass is 16.2. The molecule has 0 spiro atoms. The molecule has 2 atom stereocenters. The fourth-order valence-corrected chi connectivity index (χ4v) is 3.78. The molecule has 0 aliphatic carbocycles. The van der Waals surface area contributed by atoms with E-state index in [1.165, 1.54) is 0 Å². The minimum absolute atomic E-state index is 0.0238. The van der Waals surface area contributed by atoms with Gasteiger partial charge in [-0.3, -0.25) is 9.59 Å². The number of para-hydroxylation sites is 2. The Morgan fingerprint density at radius 3 is 2.25 bits per heavy atom. The van der Waals surface area contributed by atoms with Crippen molar-refractivity contribution in [1.82, 2.24) is 14.9 Å². The summed E-state index contributed by atoms with van der Waals surface area (Å²) in [5.41, 5.74) is 2.89. The number of amides is 1. The zero-order valence-electron chi connectivity index (χ0n) is 17.6. The van der Waals surface area contributed by atoms with Crippen molar-refractivity contribution in [3.63, 3.8) is 0 Å². The third kappa shape index (κ3) is 4.28. The van der Waals surface area contributed by atoms with Crippen LogP contribution in [0.4, 0.5) is 0 Å². The van der Waals surface area contributed by atoms with Crippen molar-refractivity contribution in [2.45, 2.75) is 18.4 Å². The van der Waals surface area contributed by atoms with Gasteiger partial charge < -0.3 is 9.88 Å². The molecule has 32 heavy (non-hydrogen) atoms. The largest absolute Gasteiger partial charge is 0.345 e. The van der Waals surface area contributed by atoms with Gasteiger partial charge in [0, 0.05) is 19.0 Å². The zero-order valence-corrected chi connectivity index (χ0v) is 17.6. The predicted molar refractivity (Wildman–Crippen MR) is 122 cm³/mol. The van der Waals surface area contributed by atoms with Gasteiger partial charge in [0.15, 0.2) is 11.7 Å². The van der Waals surface area contributed by atoms with E-state index in [1.54, 1.807) is 35.9 Å². The first kappa shape index (κ1) is 21.0. The second-order valence-corrected chi connectivity index (χ2v) is 7.55. The molecular weight excluding hydrogens is 400 g/mol. The van der Waals surface area contributed by atoms with E-state index >= 15 is 0 Å². The molecule has 0 aliphatic rings. The van der Waals surface area contributed by atoms with E-state index in [2.05, 4.69) is 16.4 Å². The predicted octanol–water partition coefficient (Wildman–Crippen LogP) is 4.31. The fourth-order valence-electron chi connectivity index (χ4n) is 3.78. The number of nitrogens with one attached hydrogen (secondary N) is 1. The average molecular weight is 422 g/mol. The summed E-state index contributed by atoms with van der Waals surface area (Å²) in [6, 6.07) is 27.2. The standard InChI is InChI=1S/C26H22N4O2/c1-30-23-15-9-8-14-21(23)28-25(30)20(17-27)24(31)16-22(18-10-4-2-5-11-18)29-26(32)19-12-6-3-7-13-19/h2-15,20,22H,16H2,1H3,(H,29,32)/t20-,22-/m0/s1. The number of hydrogen-bond donors (Lipinski definition) is 1. The van der Waals surface area contributed by atoms with Gasteiger partial charge in [0.2, 0.25) is 0 Å². The van der Waals surface area contributed by atoms with Crippen LogP contribution in [0.25, 0.3) is 11.0 Å². The molecule has 0 saturated carbocycles. The Kier molecular flexibility index (Phi) is 6.09. The van der Waals surface area contributed by atoms with Crippen LogP contribution in [-0.2, 0) is 11.8 Å². The highest BCUT2D eigenvalue weighted by Crippen LogP contribution is 2.26. The molecule has 4 aromatic rings. The number of fused-ring (bicyclic) bond motifs is 1. The molecule has 0 fully saturated rings. The van der Waals surface area contributed by atoms with Gasteiger partial charge in [-0.15, -0.1) is 0 Å². The molecular formula is C26H22N4O2. The number of carbonyl (C=O) groups is 2. The van der Waals surface area contributed by atoms with Crippen LogP contribution in [-0.4, -0.2) is 21.2 Å². The number of ketones is 1. The lowest BCUT2D eigenvalue weighted by Gasteiger charge is -2.20. The van der Waals surface area contributed by atoms with Gasteiger partial charge >= 0.3 is 0 Å². The number of imidazole rings is 1. The number of nitrogens with zero attached hydrogens (tertiary/aromatic N) is 3. The van der Waals surface area contributed by atoms with Crippen LogP contribution < -0.4 is 5.32 Å². The van der Waals surface area contributed by atoms with Gasteiger partial charge in [0.25, 0.3) is 5.91 Å². The van der Waals surface area contributed by atoms with Crippen LogP contribution >= 0.6 is 0 Å². The quantitative estimate of drug-likeness (QED) is 0.481. The third-order valence-electron chi connectivity index (χ3n) is 5.48. The number of carbonyl (C=O) groups excluding carboxylic acids is 2. The lowest BCUT2D eigenvalue weighted by atomic mass is 9.94. The summed E-state index contributed by atoms with van der Waals surface area (Å²) in [5.74, 6) is -1.20. The van der Waals surface area contributed by atoms with Crippen molar-refractivity contribution >= 4 is 22.7 Å². The van der Waals surface area contributed by atoms with Crippen LogP contribution in [0.1, 0.15) is 40.1 Å². The van der Waals surface area contributed by atoms with Crippen molar-refractivity contribution in [1.29, 1.82) is 5.26 Å². The Morgan fingerprint density at radius 2 is 1.59 bits per heavy atom. The second kappa shape index (κ2) is 9.27. The topological polar surface area (TPSA) is 87.8 Å². The molecule has 1 aromatic heterocycles. The second-order valence-electron chi connectivity index (χ2n) is 7.55. The Balaban J connectivity index is 1.62. The molecule has 1 N–H and O–H groups in total. The number of nitriles is 1. The normalized spacial score (nSPS) is 12.6. The number of aryl methyl sites for hydroxylation is 1. The summed E-state index contributed by atoms with van der Waals surface area (Å²) in [6.07, 6.45) is -0.0238. The molecule has 1 amide bonds. The lowest BCUT2D eigenvalue weighted by molar-refractivity contribution is -0.120. The van der Waals surface area contributed by atoms with E-state index in [-0.39, 0.29) is 18.1 Å². The summed E-state index contributed by atoms with van der Waals surface area (Å²) in [5, 5.41) is 12.8. The monoisotopic (exact) mass is 422 g/mol. The first-order valence-electron chi connectivity index (χ1n) is 10.3. The van der Waals surface area contributed by atoms with Gasteiger partial charge in [-0.1, -0.05) is 60.7 Å². The summed E-state index contributed by atoms with van der Waals surface area (Å²) >= 11 is 0. The van der Waals surface area contributed by atoms with E-state index < -0.39 is 12.0 Å². The number of Topliss-reactive ketones (excluding diaryl/α,β-unsaturated/α-hetero) is 1. The Hall–Kier alpha value is -4.24. The maximum Gasteiger partial charge on any atom is 0.251 e. The van der Waals surface area contributed by atoms with E-state index in [0.29, 0.717) is 11.4 Å². The molecule has 0 saturated heterocycles. The number of aromatic nitrogens is 2. The number of rotatable bonds is 7. The molecule has 0 radical (unpaired) electrons. The number of hydrogen-bond acceptors (Lipinski definition) is 4. The molecule has 6 nitrogen and oxygen atoms in total. The van der Waals surface area contributed by atoms with Gasteiger partial charge in [-0.05, 0) is 29.8 Å². The van der Waals surface area contributed by atoms with Crippen LogP contribution in [0, 0.1) is 11.3 Å². The third-order valence-corrected chi connectivity index (χ3v) is 5.48. The van der Waals surface area contributed by atoms with Crippen LogP contribution in [0.15, 0.2) is 84.9 Å². The molecule has 0 bridgehead atoms. The first-order valence-corrected chi connectivity index (χ1v) is 10.3. The maximum absolute atomic E-state index is 13.3. The van der Waals surface area contributed by atoms with E-state index in [4.69, 9.17) is 0 Å². The zero-order chi connectivity index (χ0) is 22.5. The minimum atomic E-state index is -1.03. The van der Waals surface area contributed by atoms with Crippen molar-refractivity contribution in [3.8, 4) is 6.07 Å². The van der Waals surface area contributed by atoms with Gasteiger partial charge in [-0.2, -0.15) is 5.26 Å². The van der Waals surface area contributed by atoms with E-state index in [9.17, 15) is 14.9 Å². The van der Waals surface area contributed by atoms with Crippen LogP contribution in [0.5, 0.6) is 0 Å².